The number of furan rings is 1. The van der Waals surface area contributed by atoms with Crippen molar-refractivity contribution in [3.63, 3.8) is 0 Å². The van der Waals surface area contributed by atoms with Crippen molar-refractivity contribution in [3.05, 3.63) is 53.8 Å². The van der Waals surface area contributed by atoms with Crippen LogP contribution in [0.3, 0.4) is 0 Å². The maximum atomic E-state index is 14.7. The summed E-state index contributed by atoms with van der Waals surface area (Å²) in [5.41, 5.74) is 7.07. The van der Waals surface area contributed by atoms with Crippen molar-refractivity contribution in [2.45, 2.75) is 6.10 Å². The lowest BCUT2D eigenvalue weighted by Gasteiger charge is -2.37. The number of piperazine rings is 1. The molecule has 4 heterocycles. The quantitative estimate of drug-likeness (QED) is 0.211. The highest BCUT2D eigenvalue weighted by Crippen LogP contribution is 2.25. The van der Waals surface area contributed by atoms with E-state index in [0.717, 1.165) is 0 Å². The van der Waals surface area contributed by atoms with E-state index < -0.39 is 30.3 Å². The molecule has 3 aromatic heterocycles. The number of anilines is 3. The molecule has 1 aliphatic heterocycles. The van der Waals surface area contributed by atoms with Crippen molar-refractivity contribution in [1.29, 1.82) is 0 Å². The monoisotopic (exact) mass is 571 g/mol. The number of benzene rings is 1. The van der Waals surface area contributed by atoms with Crippen LogP contribution in [0.5, 0.6) is 0 Å². The van der Waals surface area contributed by atoms with Crippen LogP contribution in [-0.2, 0) is 0 Å². The van der Waals surface area contributed by atoms with Gasteiger partial charge in [0.2, 0.25) is 11.9 Å². The Morgan fingerprint density at radius 3 is 2.68 bits per heavy atom. The number of aromatic nitrogens is 4. The van der Waals surface area contributed by atoms with Gasteiger partial charge in [0.15, 0.2) is 11.4 Å². The van der Waals surface area contributed by atoms with Crippen LogP contribution in [0, 0.1) is 11.6 Å². The van der Waals surface area contributed by atoms with Crippen molar-refractivity contribution < 1.29 is 28.2 Å². The highest BCUT2D eigenvalue weighted by Gasteiger charge is 2.24. The van der Waals surface area contributed by atoms with E-state index in [1.807, 2.05) is 11.9 Å². The third-order valence-electron chi connectivity index (χ3n) is 6.91. The highest BCUT2D eigenvalue weighted by atomic mass is 19.1. The largest absolute Gasteiger partial charge is 0.463 e. The summed E-state index contributed by atoms with van der Waals surface area (Å²) in [6, 6.07) is 7.21. The van der Waals surface area contributed by atoms with Crippen LogP contribution in [0.25, 0.3) is 17.1 Å². The van der Waals surface area contributed by atoms with Crippen LogP contribution in [-0.4, -0.2) is 106 Å². The Morgan fingerprint density at radius 2 is 1.98 bits per heavy atom. The standard InChI is InChI=1S/C26H31F2N9O4/c1-34(26-31-23-13-20(22-3-2-10-41-22)33-37(23)25(29)32-26)4-5-35-6-8-36(9-7-35)21-11-17(18(27)12-19(21)28)24(40)30-14-16(39)15-38/h2-3,10-13,16,38-39H,4-9,14-15H2,1H3,(H,30,40)(H2,29,31,32)/t16-/m0/s1. The molecule has 15 heteroatoms. The highest BCUT2D eigenvalue weighted by molar-refractivity contribution is 5.95. The van der Waals surface area contributed by atoms with Crippen molar-refractivity contribution in [2.75, 3.05) is 75.0 Å². The van der Waals surface area contributed by atoms with Crippen LogP contribution < -0.4 is 20.9 Å². The number of aliphatic hydroxyl groups is 2. The summed E-state index contributed by atoms with van der Waals surface area (Å²) < 4.78 is 35.9. The van der Waals surface area contributed by atoms with E-state index in [0.29, 0.717) is 68.4 Å². The molecule has 1 aliphatic rings. The van der Waals surface area contributed by atoms with Gasteiger partial charge in [0.25, 0.3) is 5.91 Å². The maximum absolute atomic E-state index is 14.7. The molecule has 0 unspecified atom stereocenters. The van der Waals surface area contributed by atoms with E-state index in [1.165, 1.54) is 10.6 Å². The Hall–Kier alpha value is -4.34. The van der Waals surface area contributed by atoms with Crippen molar-refractivity contribution in [2.24, 2.45) is 0 Å². The number of likely N-dealkylation sites (N-methyl/N-ethyl adjacent to an activating group) is 1. The normalized spacial score (nSPS) is 14.9. The SMILES string of the molecule is CN(CCN1CCN(c2cc(C(=O)NC[C@H](O)CO)c(F)cc2F)CC1)c1nc(N)n2nc(-c3ccco3)cc2n1. The van der Waals surface area contributed by atoms with Gasteiger partial charge in [-0.25, -0.2) is 8.78 Å². The number of halogens is 2. The summed E-state index contributed by atoms with van der Waals surface area (Å²) in [6.45, 7) is 2.65. The summed E-state index contributed by atoms with van der Waals surface area (Å²) >= 11 is 0. The van der Waals surface area contributed by atoms with E-state index in [9.17, 15) is 18.7 Å². The second-order valence-electron chi connectivity index (χ2n) is 9.74. The number of nitrogens with zero attached hydrogens (tertiary/aromatic N) is 7. The molecule has 1 aromatic carbocycles. The van der Waals surface area contributed by atoms with E-state index in [4.69, 9.17) is 15.3 Å². The molecule has 13 nitrogen and oxygen atoms in total. The zero-order chi connectivity index (χ0) is 29.1. The molecule has 5 N–H and O–H groups in total. The van der Waals surface area contributed by atoms with Crippen molar-refractivity contribution in [3.8, 4) is 11.5 Å². The second-order valence-corrected chi connectivity index (χ2v) is 9.74. The Labute approximate surface area is 233 Å². The zero-order valence-electron chi connectivity index (χ0n) is 22.4. The lowest BCUT2D eigenvalue weighted by molar-refractivity contribution is 0.0799. The number of amides is 1. The van der Waals surface area contributed by atoms with Gasteiger partial charge in [0.1, 0.15) is 17.3 Å². The summed E-state index contributed by atoms with van der Waals surface area (Å²) in [4.78, 5) is 27.2. The topological polar surface area (TPSA) is 162 Å². The molecule has 1 atom stereocenters. The molecule has 0 saturated carbocycles. The number of carbonyl (C=O) groups excluding carboxylic acids is 1. The molecule has 0 spiro atoms. The lowest BCUT2D eigenvalue weighted by Crippen LogP contribution is -2.48. The molecule has 5 rings (SSSR count). The summed E-state index contributed by atoms with van der Waals surface area (Å²) in [7, 11) is 1.87. The van der Waals surface area contributed by atoms with Crippen LogP contribution in [0.2, 0.25) is 0 Å². The van der Waals surface area contributed by atoms with Crippen LogP contribution >= 0.6 is 0 Å². The fraction of sp³-hybridized carbons (Fsp3) is 0.385. The van der Waals surface area contributed by atoms with Gasteiger partial charge in [-0.15, -0.1) is 0 Å². The smallest absolute Gasteiger partial charge is 0.254 e. The van der Waals surface area contributed by atoms with Gasteiger partial charge >= 0.3 is 0 Å². The number of carbonyl (C=O) groups is 1. The molecule has 4 aromatic rings. The molecule has 0 bridgehead atoms. The summed E-state index contributed by atoms with van der Waals surface area (Å²) in [6.07, 6.45) is 0.390. The fourth-order valence-electron chi connectivity index (χ4n) is 4.54. The number of nitrogen functional groups attached to an aromatic ring is 1. The van der Waals surface area contributed by atoms with E-state index in [-0.39, 0.29) is 23.7 Å². The number of fused-ring (bicyclic) bond motifs is 1. The predicted octanol–water partition coefficient (Wildman–Crippen LogP) is 0.586. The Balaban J connectivity index is 1.18. The van der Waals surface area contributed by atoms with Crippen molar-refractivity contribution >= 4 is 29.1 Å². The number of rotatable bonds is 10. The minimum atomic E-state index is -1.17. The molecular formula is C26H31F2N9O4. The lowest BCUT2D eigenvalue weighted by atomic mass is 10.1. The first kappa shape index (κ1) is 28.2. The van der Waals surface area contributed by atoms with Gasteiger partial charge in [0.05, 0.1) is 30.2 Å². The first-order valence-electron chi connectivity index (χ1n) is 13.0. The van der Waals surface area contributed by atoms with Gasteiger partial charge in [-0.05, 0) is 18.2 Å². The minimum absolute atomic E-state index is 0.128. The fourth-order valence-corrected chi connectivity index (χ4v) is 4.54. The van der Waals surface area contributed by atoms with Crippen LogP contribution in [0.4, 0.5) is 26.4 Å². The molecule has 0 aliphatic carbocycles. The van der Waals surface area contributed by atoms with Crippen LogP contribution in [0.15, 0.2) is 41.0 Å². The molecule has 1 saturated heterocycles. The molecule has 0 radical (unpaired) electrons. The minimum Gasteiger partial charge on any atom is -0.463 e. The first-order valence-corrected chi connectivity index (χ1v) is 13.0. The number of aliphatic hydroxyl groups excluding tert-OH is 2. The second kappa shape index (κ2) is 12.0. The van der Waals surface area contributed by atoms with Gasteiger partial charge in [0, 0.05) is 65.0 Å². The number of hydrogen-bond acceptors (Lipinski definition) is 11. The number of nitrogens with one attached hydrogen (secondary N) is 1. The Kier molecular flexibility index (Phi) is 8.28. The van der Waals surface area contributed by atoms with Gasteiger partial charge in [-0.3, -0.25) is 9.69 Å². The Bertz CT molecular complexity index is 1510. The molecular weight excluding hydrogens is 540 g/mol. The van der Waals surface area contributed by atoms with Gasteiger partial charge in [-0.1, -0.05) is 0 Å². The predicted molar refractivity (Wildman–Crippen MR) is 147 cm³/mol. The van der Waals surface area contributed by atoms with E-state index >= 15 is 0 Å². The van der Waals surface area contributed by atoms with Crippen molar-refractivity contribution in [1.82, 2.24) is 29.8 Å². The average Bonchev–Trinajstić information content (AvgIpc) is 3.65. The average molecular weight is 572 g/mol. The molecule has 41 heavy (non-hydrogen) atoms. The van der Waals surface area contributed by atoms with E-state index in [2.05, 4.69) is 25.3 Å². The first-order chi connectivity index (χ1) is 19.7. The third kappa shape index (κ3) is 6.21. The number of nitrogens with two attached hydrogens (primary N) is 1. The summed E-state index contributed by atoms with van der Waals surface area (Å²) in [5, 5.41) is 25.1. The summed E-state index contributed by atoms with van der Waals surface area (Å²) in [5.74, 6) is -1.32. The molecule has 1 fully saturated rings. The molecule has 1 amide bonds. The van der Waals surface area contributed by atoms with Gasteiger partial charge in [-0.2, -0.15) is 19.6 Å². The van der Waals surface area contributed by atoms with E-state index in [1.54, 1.807) is 29.4 Å². The zero-order valence-corrected chi connectivity index (χ0v) is 22.4. The Morgan fingerprint density at radius 1 is 1.20 bits per heavy atom. The van der Waals surface area contributed by atoms with Crippen LogP contribution in [0.1, 0.15) is 10.4 Å². The molecule has 218 valence electrons. The third-order valence-corrected chi connectivity index (χ3v) is 6.91. The number of hydrogen-bond donors (Lipinski definition) is 4. The maximum Gasteiger partial charge on any atom is 0.254 e. The van der Waals surface area contributed by atoms with Gasteiger partial charge < -0.3 is 35.5 Å².